The molecule has 88 valence electrons. The maximum atomic E-state index is 11.4. The number of benzene rings is 1. The molecule has 0 bridgehead atoms. The Bertz CT molecular complexity index is 352. The van der Waals surface area contributed by atoms with Crippen molar-refractivity contribution in [2.24, 2.45) is 0 Å². The molecule has 1 aromatic carbocycles. The van der Waals surface area contributed by atoms with Crippen molar-refractivity contribution < 1.29 is 14.3 Å². The van der Waals surface area contributed by atoms with Gasteiger partial charge in [0.1, 0.15) is 5.75 Å². The van der Waals surface area contributed by atoms with E-state index >= 15 is 0 Å². The molecule has 0 aliphatic rings. The second kappa shape index (κ2) is 6.43. The first kappa shape index (κ1) is 12.9. The van der Waals surface area contributed by atoms with Gasteiger partial charge in [0, 0.05) is 4.90 Å². The van der Waals surface area contributed by atoms with Crippen molar-refractivity contribution in [2.45, 2.75) is 24.8 Å². The van der Waals surface area contributed by atoms with Crippen LogP contribution in [0.25, 0.3) is 0 Å². The fourth-order valence-corrected chi connectivity index (χ4v) is 1.75. The highest BCUT2D eigenvalue weighted by atomic mass is 32.2. The Hall–Kier alpha value is -1.16. The third kappa shape index (κ3) is 3.45. The molecule has 3 nitrogen and oxygen atoms in total. The molecular weight excluding hydrogens is 224 g/mol. The van der Waals surface area contributed by atoms with Gasteiger partial charge in [-0.3, -0.25) is 0 Å². The van der Waals surface area contributed by atoms with Crippen LogP contribution in [0, 0.1) is 0 Å². The fourth-order valence-electron chi connectivity index (χ4n) is 1.21. The molecule has 1 atom stereocenters. The maximum absolute atomic E-state index is 11.4. The topological polar surface area (TPSA) is 35.5 Å². The lowest BCUT2D eigenvalue weighted by Gasteiger charge is -2.15. The number of ether oxygens (including phenoxy) is 2. The Labute approximate surface area is 100 Å². The third-order valence-corrected chi connectivity index (χ3v) is 2.77. The SMILES string of the molecule is CCOC(=O)C(C)Oc1ccccc1SC. The Balaban J connectivity index is 2.68. The first-order chi connectivity index (χ1) is 7.69. The number of hydrogen-bond acceptors (Lipinski definition) is 4. The number of rotatable bonds is 5. The number of carbonyl (C=O) groups excluding carboxylic acids is 1. The molecule has 1 unspecified atom stereocenters. The lowest BCUT2D eigenvalue weighted by molar-refractivity contribution is -0.150. The summed E-state index contributed by atoms with van der Waals surface area (Å²) in [6.07, 6.45) is 1.39. The second-order valence-corrected chi connectivity index (χ2v) is 4.01. The molecule has 0 aliphatic heterocycles. The number of esters is 1. The summed E-state index contributed by atoms with van der Waals surface area (Å²) in [6, 6.07) is 7.63. The molecular formula is C12H16O3S. The van der Waals surface area contributed by atoms with Crippen LogP contribution >= 0.6 is 11.8 Å². The molecule has 0 fully saturated rings. The van der Waals surface area contributed by atoms with Crippen LogP contribution in [0.1, 0.15) is 13.8 Å². The molecule has 1 aromatic rings. The van der Waals surface area contributed by atoms with Crippen LogP contribution in [0.5, 0.6) is 5.75 Å². The van der Waals surface area contributed by atoms with E-state index in [4.69, 9.17) is 9.47 Å². The van der Waals surface area contributed by atoms with Crippen LogP contribution in [0.15, 0.2) is 29.2 Å². The molecule has 0 heterocycles. The Morgan fingerprint density at radius 2 is 2.12 bits per heavy atom. The van der Waals surface area contributed by atoms with Crippen LogP contribution in [0.2, 0.25) is 0 Å². The van der Waals surface area contributed by atoms with Gasteiger partial charge in [-0.15, -0.1) is 11.8 Å². The first-order valence-corrected chi connectivity index (χ1v) is 6.37. The van der Waals surface area contributed by atoms with Crippen molar-refractivity contribution in [3.8, 4) is 5.75 Å². The molecule has 0 N–H and O–H groups in total. The highest BCUT2D eigenvalue weighted by Gasteiger charge is 2.16. The van der Waals surface area contributed by atoms with Gasteiger partial charge < -0.3 is 9.47 Å². The van der Waals surface area contributed by atoms with E-state index in [-0.39, 0.29) is 5.97 Å². The molecule has 1 rings (SSSR count). The summed E-state index contributed by atoms with van der Waals surface area (Å²) in [6.45, 7) is 3.84. The maximum Gasteiger partial charge on any atom is 0.347 e. The fraction of sp³-hybridized carbons (Fsp3) is 0.417. The molecule has 0 spiro atoms. The Morgan fingerprint density at radius 3 is 2.75 bits per heavy atom. The van der Waals surface area contributed by atoms with Gasteiger partial charge in [-0.1, -0.05) is 12.1 Å². The van der Waals surface area contributed by atoms with E-state index in [1.165, 1.54) is 0 Å². The summed E-state index contributed by atoms with van der Waals surface area (Å²) in [5.41, 5.74) is 0. The molecule has 0 radical (unpaired) electrons. The van der Waals surface area contributed by atoms with Crippen LogP contribution < -0.4 is 4.74 Å². The second-order valence-electron chi connectivity index (χ2n) is 3.16. The molecule has 16 heavy (non-hydrogen) atoms. The number of para-hydroxylation sites is 1. The number of hydrogen-bond donors (Lipinski definition) is 0. The zero-order valence-corrected chi connectivity index (χ0v) is 10.5. The molecule has 4 heteroatoms. The van der Waals surface area contributed by atoms with E-state index in [1.807, 2.05) is 30.5 Å². The van der Waals surface area contributed by atoms with Crippen molar-refractivity contribution in [3.63, 3.8) is 0 Å². The van der Waals surface area contributed by atoms with Crippen molar-refractivity contribution in [3.05, 3.63) is 24.3 Å². The van der Waals surface area contributed by atoms with E-state index in [1.54, 1.807) is 25.6 Å². The summed E-state index contributed by atoms with van der Waals surface area (Å²) >= 11 is 1.59. The average Bonchev–Trinajstić information content (AvgIpc) is 2.30. The zero-order valence-electron chi connectivity index (χ0n) is 9.73. The largest absolute Gasteiger partial charge is 0.478 e. The molecule has 0 amide bonds. The monoisotopic (exact) mass is 240 g/mol. The van der Waals surface area contributed by atoms with E-state index in [2.05, 4.69) is 0 Å². The highest BCUT2D eigenvalue weighted by Crippen LogP contribution is 2.27. The van der Waals surface area contributed by atoms with Crippen molar-refractivity contribution >= 4 is 17.7 Å². The predicted octanol–water partition coefficient (Wildman–Crippen LogP) is 2.74. The van der Waals surface area contributed by atoms with Gasteiger partial charge in [-0.25, -0.2) is 4.79 Å². The lowest BCUT2D eigenvalue weighted by atomic mass is 10.3. The number of thioether (sulfide) groups is 1. The van der Waals surface area contributed by atoms with E-state index in [9.17, 15) is 4.79 Å². The minimum Gasteiger partial charge on any atom is -0.478 e. The Kier molecular flexibility index (Phi) is 5.19. The van der Waals surface area contributed by atoms with E-state index in [0.717, 1.165) is 10.6 Å². The smallest absolute Gasteiger partial charge is 0.347 e. The van der Waals surface area contributed by atoms with Gasteiger partial charge in [0.15, 0.2) is 6.10 Å². The summed E-state index contributed by atoms with van der Waals surface area (Å²) in [7, 11) is 0. The minimum absolute atomic E-state index is 0.335. The van der Waals surface area contributed by atoms with Crippen LogP contribution in [-0.2, 0) is 9.53 Å². The minimum atomic E-state index is -0.576. The molecule has 0 aliphatic carbocycles. The molecule has 0 saturated heterocycles. The van der Waals surface area contributed by atoms with Crippen molar-refractivity contribution in [2.75, 3.05) is 12.9 Å². The normalized spacial score (nSPS) is 11.9. The lowest BCUT2D eigenvalue weighted by Crippen LogP contribution is -2.26. The van der Waals surface area contributed by atoms with Gasteiger partial charge in [0.05, 0.1) is 6.61 Å². The molecule has 0 saturated carbocycles. The van der Waals surface area contributed by atoms with Crippen LogP contribution in [0.4, 0.5) is 0 Å². The quantitative estimate of drug-likeness (QED) is 0.585. The summed E-state index contributed by atoms with van der Waals surface area (Å²) in [5.74, 6) is 0.383. The van der Waals surface area contributed by atoms with Gasteiger partial charge in [-0.05, 0) is 32.2 Å². The van der Waals surface area contributed by atoms with Gasteiger partial charge in [0.25, 0.3) is 0 Å². The van der Waals surface area contributed by atoms with Gasteiger partial charge in [-0.2, -0.15) is 0 Å². The molecule has 0 aromatic heterocycles. The van der Waals surface area contributed by atoms with E-state index < -0.39 is 6.10 Å². The van der Waals surface area contributed by atoms with Gasteiger partial charge >= 0.3 is 5.97 Å². The van der Waals surface area contributed by atoms with Crippen molar-refractivity contribution in [1.29, 1.82) is 0 Å². The van der Waals surface area contributed by atoms with Gasteiger partial charge in [0.2, 0.25) is 0 Å². The zero-order chi connectivity index (χ0) is 12.0. The summed E-state index contributed by atoms with van der Waals surface area (Å²) in [5, 5.41) is 0. The number of carbonyl (C=O) groups is 1. The first-order valence-electron chi connectivity index (χ1n) is 5.15. The van der Waals surface area contributed by atoms with Crippen LogP contribution in [0.3, 0.4) is 0 Å². The summed E-state index contributed by atoms with van der Waals surface area (Å²) in [4.78, 5) is 12.4. The summed E-state index contributed by atoms with van der Waals surface area (Å²) < 4.78 is 10.4. The third-order valence-electron chi connectivity index (χ3n) is 1.99. The standard InChI is InChI=1S/C12H16O3S/c1-4-14-12(13)9(2)15-10-7-5-6-8-11(10)16-3/h5-9H,4H2,1-3H3. The Morgan fingerprint density at radius 1 is 1.44 bits per heavy atom. The average molecular weight is 240 g/mol. The highest BCUT2D eigenvalue weighted by molar-refractivity contribution is 7.98. The van der Waals surface area contributed by atoms with Crippen molar-refractivity contribution in [1.82, 2.24) is 0 Å². The predicted molar refractivity (Wildman–Crippen MR) is 64.9 cm³/mol. The van der Waals surface area contributed by atoms with E-state index in [0.29, 0.717) is 6.61 Å². The van der Waals surface area contributed by atoms with Crippen LogP contribution in [-0.4, -0.2) is 24.9 Å².